The highest BCUT2D eigenvalue weighted by atomic mass is 79.9. The van der Waals surface area contributed by atoms with E-state index in [1.807, 2.05) is 6.07 Å². The Morgan fingerprint density at radius 2 is 2.19 bits per heavy atom. The molecule has 1 aliphatic rings. The summed E-state index contributed by atoms with van der Waals surface area (Å²) >= 11 is 3.44. The molecule has 1 atom stereocenters. The second-order valence-electron chi connectivity index (χ2n) is 4.24. The third kappa shape index (κ3) is 2.84. The summed E-state index contributed by atoms with van der Waals surface area (Å²) in [5, 5.41) is 9.39. The predicted molar refractivity (Wildman–Crippen MR) is 67.5 cm³/mol. The first-order valence-electron chi connectivity index (χ1n) is 5.78. The number of hydrogen-bond acceptors (Lipinski definition) is 2. The minimum absolute atomic E-state index is 0.117. The van der Waals surface area contributed by atoms with Crippen molar-refractivity contribution >= 4 is 15.9 Å². The summed E-state index contributed by atoms with van der Waals surface area (Å²) in [4.78, 5) is 0. The summed E-state index contributed by atoms with van der Waals surface area (Å²) < 4.78 is 6.50. The molecule has 2 nitrogen and oxygen atoms in total. The van der Waals surface area contributed by atoms with Gasteiger partial charge in [-0.25, -0.2) is 0 Å². The topological polar surface area (TPSA) is 29.5 Å². The monoisotopic (exact) mass is 284 g/mol. The van der Waals surface area contributed by atoms with E-state index in [-0.39, 0.29) is 6.61 Å². The van der Waals surface area contributed by atoms with Crippen LogP contribution in [0.3, 0.4) is 0 Å². The van der Waals surface area contributed by atoms with E-state index >= 15 is 0 Å². The molecule has 0 spiro atoms. The fourth-order valence-corrected chi connectivity index (χ4v) is 2.73. The zero-order valence-corrected chi connectivity index (χ0v) is 10.9. The van der Waals surface area contributed by atoms with Crippen LogP contribution in [0.1, 0.15) is 36.3 Å². The predicted octanol–water partition coefficient (Wildman–Crippen LogP) is 3.23. The van der Waals surface area contributed by atoms with Gasteiger partial charge < -0.3 is 9.84 Å². The van der Waals surface area contributed by atoms with Gasteiger partial charge in [0.05, 0.1) is 6.61 Å². The van der Waals surface area contributed by atoms with Crippen LogP contribution in [-0.2, 0) is 11.3 Å². The summed E-state index contributed by atoms with van der Waals surface area (Å²) in [6.07, 6.45) is 3.34. The lowest BCUT2D eigenvalue weighted by Crippen LogP contribution is -2.04. The lowest BCUT2D eigenvalue weighted by Gasteiger charge is -2.17. The largest absolute Gasteiger partial charge is 0.392 e. The molecule has 16 heavy (non-hydrogen) atoms. The average Bonchev–Trinajstić information content (AvgIpc) is 2.57. The molecule has 3 heteroatoms. The second-order valence-corrected chi connectivity index (χ2v) is 5.16. The van der Waals surface area contributed by atoms with Crippen LogP contribution in [0.2, 0.25) is 0 Å². The maximum atomic E-state index is 9.39. The van der Waals surface area contributed by atoms with Gasteiger partial charge >= 0.3 is 0 Å². The first-order chi connectivity index (χ1) is 7.81. The van der Waals surface area contributed by atoms with E-state index in [1.54, 1.807) is 0 Å². The van der Waals surface area contributed by atoms with Gasteiger partial charge in [0.25, 0.3) is 0 Å². The average molecular weight is 285 g/mol. The normalized spacial score (nSPS) is 21.8. The van der Waals surface area contributed by atoms with E-state index in [9.17, 15) is 5.11 Å². The van der Waals surface area contributed by atoms with Gasteiger partial charge in [0.2, 0.25) is 0 Å². The molecule has 1 saturated heterocycles. The van der Waals surface area contributed by atoms with Crippen LogP contribution >= 0.6 is 15.9 Å². The number of benzene rings is 1. The van der Waals surface area contributed by atoms with Gasteiger partial charge in [-0.3, -0.25) is 0 Å². The molecule has 1 fully saturated rings. The molecule has 1 heterocycles. The number of aliphatic hydroxyl groups is 1. The first kappa shape index (κ1) is 12.1. The zero-order chi connectivity index (χ0) is 11.4. The lowest BCUT2D eigenvalue weighted by atomic mass is 9.89. The molecule has 0 amide bonds. The molecule has 1 aromatic carbocycles. The van der Waals surface area contributed by atoms with E-state index in [0.29, 0.717) is 5.92 Å². The van der Waals surface area contributed by atoms with Crippen molar-refractivity contribution in [3.63, 3.8) is 0 Å². The van der Waals surface area contributed by atoms with Crippen molar-refractivity contribution in [1.82, 2.24) is 0 Å². The molecule has 1 N–H and O–H groups in total. The summed E-state index contributed by atoms with van der Waals surface area (Å²) in [7, 11) is 0. The van der Waals surface area contributed by atoms with Crippen LogP contribution in [0.15, 0.2) is 22.7 Å². The molecule has 0 aromatic heterocycles. The van der Waals surface area contributed by atoms with Crippen molar-refractivity contribution < 1.29 is 9.84 Å². The van der Waals surface area contributed by atoms with Crippen LogP contribution in [0.25, 0.3) is 0 Å². The Balaban J connectivity index is 2.23. The van der Waals surface area contributed by atoms with Gasteiger partial charge in [-0.2, -0.15) is 0 Å². The maximum absolute atomic E-state index is 9.39. The van der Waals surface area contributed by atoms with E-state index in [1.165, 1.54) is 5.56 Å². The molecule has 88 valence electrons. The molecule has 1 aliphatic heterocycles. The molecule has 0 radical (unpaired) electrons. The Morgan fingerprint density at radius 1 is 1.31 bits per heavy atom. The van der Waals surface area contributed by atoms with Crippen LogP contribution in [0.5, 0.6) is 0 Å². The van der Waals surface area contributed by atoms with Crippen molar-refractivity contribution in [1.29, 1.82) is 0 Å². The summed E-state index contributed by atoms with van der Waals surface area (Å²) in [5.74, 6) is 0.540. The third-order valence-corrected chi connectivity index (χ3v) is 3.66. The van der Waals surface area contributed by atoms with E-state index in [2.05, 4.69) is 28.1 Å². The molecular weight excluding hydrogens is 268 g/mol. The lowest BCUT2D eigenvalue weighted by molar-refractivity contribution is 0.143. The number of ether oxygens (including phenoxy) is 1. The van der Waals surface area contributed by atoms with Crippen molar-refractivity contribution in [2.45, 2.75) is 31.8 Å². The van der Waals surface area contributed by atoms with Crippen LogP contribution in [-0.4, -0.2) is 18.3 Å². The molecule has 2 rings (SSSR count). The van der Waals surface area contributed by atoms with Crippen LogP contribution < -0.4 is 0 Å². The van der Waals surface area contributed by atoms with Crippen molar-refractivity contribution in [3.05, 3.63) is 33.8 Å². The third-order valence-electron chi connectivity index (χ3n) is 3.17. The molecule has 0 saturated carbocycles. The Morgan fingerprint density at radius 3 is 3.00 bits per heavy atom. The minimum Gasteiger partial charge on any atom is -0.392 e. The van der Waals surface area contributed by atoms with Crippen molar-refractivity contribution in [3.8, 4) is 0 Å². The first-order valence-corrected chi connectivity index (χ1v) is 6.57. The highest BCUT2D eigenvalue weighted by Crippen LogP contribution is 2.31. The highest BCUT2D eigenvalue weighted by molar-refractivity contribution is 9.10. The summed E-state index contributed by atoms with van der Waals surface area (Å²) in [5.41, 5.74) is 2.33. The van der Waals surface area contributed by atoms with Gasteiger partial charge in [-0.05, 0) is 48.4 Å². The maximum Gasteiger partial charge on any atom is 0.0685 e. The Kier molecular flexibility index (Phi) is 4.38. The standard InChI is InChI=1S/C13H17BrO2/c14-12-3-4-13(11(8-12)9-15)10-2-1-6-16-7-5-10/h3-4,8,10,15H,1-2,5-7,9H2. The zero-order valence-electron chi connectivity index (χ0n) is 9.29. The van der Waals surface area contributed by atoms with Gasteiger partial charge in [-0.15, -0.1) is 0 Å². The molecule has 0 aliphatic carbocycles. The molecule has 1 aromatic rings. The number of hydrogen-bond donors (Lipinski definition) is 1. The molecular formula is C13H17BrO2. The van der Waals surface area contributed by atoms with E-state index < -0.39 is 0 Å². The molecule has 0 bridgehead atoms. The summed E-state index contributed by atoms with van der Waals surface area (Å²) in [6.45, 7) is 1.83. The fraction of sp³-hybridized carbons (Fsp3) is 0.538. The second kappa shape index (κ2) is 5.80. The Bertz CT molecular complexity index is 344. The van der Waals surface area contributed by atoms with Gasteiger partial charge in [-0.1, -0.05) is 22.0 Å². The van der Waals surface area contributed by atoms with Crippen molar-refractivity contribution in [2.24, 2.45) is 0 Å². The quantitative estimate of drug-likeness (QED) is 0.904. The minimum atomic E-state index is 0.117. The summed E-state index contributed by atoms with van der Waals surface area (Å²) in [6, 6.07) is 6.20. The van der Waals surface area contributed by atoms with Crippen LogP contribution in [0.4, 0.5) is 0 Å². The number of halogens is 1. The number of rotatable bonds is 2. The van der Waals surface area contributed by atoms with Gasteiger partial charge in [0.1, 0.15) is 0 Å². The Labute approximate surface area is 105 Å². The van der Waals surface area contributed by atoms with E-state index in [0.717, 1.165) is 42.5 Å². The SMILES string of the molecule is OCc1cc(Br)ccc1C1CCCOCC1. The molecule has 1 unspecified atom stereocenters. The fourth-order valence-electron chi connectivity index (χ4n) is 2.32. The highest BCUT2D eigenvalue weighted by Gasteiger charge is 2.17. The van der Waals surface area contributed by atoms with Crippen molar-refractivity contribution in [2.75, 3.05) is 13.2 Å². The van der Waals surface area contributed by atoms with Crippen LogP contribution in [0, 0.1) is 0 Å². The smallest absolute Gasteiger partial charge is 0.0685 e. The van der Waals surface area contributed by atoms with Gasteiger partial charge in [0.15, 0.2) is 0 Å². The van der Waals surface area contributed by atoms with Gasteiger partial charge in [0, 0.05) is 17.7 Å². The Hall–Kier alpha value is -0.380. The van der Waals surface area contributed by atoms with E-state index in [4.69, 9.17) is 4.74 Å². The number of aliphatic hydroxyl groups excluding tert-OH is 1.